The Labute approximate surface area is 191 Å². The summed E-state index contributed by atoms with van der Waals surface area (Å²) in [6.07, 6.45) is 6.46. The molecule has 0 saturated heterocycles. The summed E-state index contributed by atoms with van der Waals surface area (Å²) in [5, 5.41) is 7.28. The molecular weight excluding hydrogens is 414 g/mol. The van der Waals surface area contributed by atoms with Crippen molar-refractivity contribution in [2.75, 3.05) is 11.9 Å². The molecule has 0 radical (unpaired) electrons. The summed E-state index contributed by atoms with van der Waals surface area (Å²) in [4.78, 5) is 27.1. The van der Waals surface area contributed by atoms with E-state index < -0.39 is 0 Å². The number of nitrogens with zero attached hydrogens (tertiary/aromatic N) is 5. The molecular formula is C25H27N7O. The van der Waals surface area contributed by atoms with Crippen molar-refractivity contribution in [1.29, 1.82) is 0 Å². The maximum Gasteiger partial charge on any atom is 0.278 e. The van der Waals surface area contributed by atoms with Crippen molar-refractivity contribution in [3.63, 3.8) is 0 Å². The van der Waals surface area contributed by atoms with Gasteiger partial charge in [0.25, 0.3) is 5.56 Å². The molecule has 33 heavy (non-hydrogen) atoms. The van der Waals surface area contributed by atoms with Gasteiger partial charge in [0.05, 0.1) is 11.7 Å². The Balaban J connectivity index is 1.46. The Kier molecular flexibility index (Phi) is 4.76. The zero-order chi connectivity index (χ0) is 22.5. The number of anilines is 2. The second-order valence-electron chi connectivity index (χ2n) is 9.25. The molecule has 0 unspecified atom stereocenters. The van der Waals surface area contributed by atoms with Crippen molar-refractivity contribution >= 4 is 22.7 Å². The quantitative estimate of drug-likeness (QED) is 0.489. The molecule has 1 aliphatic heterocycles. The Bertz CT molecular complexity index is 1410. The lowest BCUT2D eigenvalue weighted by Crippen LogP contribution is -2.23. The first-order valence-corrected chi connectivity index (χ1v) is 11.6. The van der Waals surface area contributed by atoms with E-state index in [1.807, 2.05) is 15.4 Å². The number of pyridine rings is 1. The zero-order valence-corrected chi connectivity index (χ0v) is 18.9. The minimum absolute atomic E-state index is 0.0387. The first kappa shape index (κ1) is 20.1. The minimum atomic E-state index is -0.0387. The lowest BCUT2D eigenvalue weighted by Gasteiger charge is -2.18. The van der Waals surface area contributed by atoms with Crippen LogP contribution < -0.4 is 16.2 Å². The number of nitrogens with one attached hydrogen (secondary N) is 2. The van der Waals surface area contributed by atoms with Gasteiger partial charge in [-0.2, -0.15) is 4.98 Å². The Morgan fingerprint density at radius 2 is 2.00 bits per heavy atom. The van der Waals surface area contributed by atoms with Crippen LogP contribution in [-0.4, -0.2) is 30.9 Å². The monoisotopic (exact) mass is 441 g/mol. The first-order chi connectivity index (χ1) is 16.1. The van der Waals surface area contributed by atoms with Crippen LogP contribution in [0.25, 0.3) is 16.7 Å². The van der Waals surface area contributed by atoms with Gasteiger partial charge in [0, 0.05) is 30.3 Å². The average molecular weight is 442 g/mol. The molecule has 0 spiro atoms. The molecule has 1 aliphatic carbocycles. The molecule has 6 rings (SSSR count). The highest BCUT2D eigenvalue weighted by molar-refractivity contribution is 5.77. The molecule has 0 atom stereocenters. The van der Waals surface area contributed by atoms with E-state index in [1.54, 1.807) is 12.4 Å². The SMILES string of the molecule is CC(C)c1cc(-n2c3nc(Nc4ccc5c(c4)CCNC5)ncc3c(=O)n2C2CC2)ccn1. The van der Waals surface area contributed by atoms with Gasteiger partial charge in [-0.3, -0.25) is 9.78 Å². The van der Waals surface area contributed by atoms with E-state index >= 15 is 0 Å². The fourth-order valence-corrected chi connectivity index (χ4v) is 4.52. The molecule has 4 aromatic rings. The lowest BCUT2D eigenvalue weighted by atomic mass is 10.0. The summed E-state index contributed by atoms with van der Waals surface area (Å²) >= 11 is 0. The van der Waals surface area contributed by atoms with Crippen molar-refractivity contribution in [3.8, 4) is 5.69 Å². The van der Waals surface area contributed by atoms with Crippen LogP contribution >= 0.6 is 0 Å². The molecule has 0 amide bonds. The molecule has 2 aliphatic rings. The fraction of sp³-hybridized carbons (Fsp3) is 0.360. The number of benzene rings is 1. The van der Waals surface area contributed by atoms with E-state index in [9.17, 15) is 4.79 Å². The highest BCUT2D eigenvalue weighted by Crippen LogP contribution is 2.36. The summed E-state index contributed by atoms with van der Waals surface area (Å²) in [6, 6.07) is 10.6. The highest BCUT2D eigenvalue weighted by Gasteiger charge is 2.31. The second-order valence-corrected chi connectivity index (χ2v) is 9.25. The fourth-order valence-electron chi connectivity index (χ4n) is 4.52. The van der Waals surface area contributed by atoms with Gasteiger partial charge in [0.15, 0.2) is 5.65 Å². The molecule has 0 bridgehead atoms. The normalized spacial score (nSPS) is 15.7. The highest BCUT2D eigenvalue weighted by atomic mass is 16.1. The van der Waals surface area contributed by atoms with Crippen LogP contribution in [0, 0.1) is 0 Å². The minimum Gasteiger partial charge on any atom is -0.324 e. The van der Waals surface area contributed by atoms with Gasteiger partial charge in [0.1, 0.15) is 5.39 Å². The topological polar surface area (TPSA) is 89.7 Å². The molecule has 3 aromatic heterocycles. The van der Waals surface area contributed by atoms with Crippen LogP contribution in [0.5, 0.6) is 0 Å². The molecule has 1 saturated carbocycles. The van der Waals surface area contributed by atoms with E-state index in [1.165, 1.54) is 11.1 Å². The summed E-state index contributed by atoms with van der Waals surface area (Å²) < 4.78 is 3.79. The molecule has 1 fully saturated rings. The molecule has 4 heterocycles. The smallest absolute Gasteiger partial charge is 0.278 e. The first-order valence-electron chi connectivity index (χ1n) is 11.6. The third kappa shape index (κ3) is 3.60. The van der Waals surface area contributed by atoms with Gasteiger partial charge in [0.2, 0.25) is 5.95 Å². The maximum absolute atomic E-state index is 13.3. The van der Waals surface area contributed by atoms with Crippen LogP contribution in [0.2, 0.25) is 0 Å². The number of rotatable bonds is 5. The Morgan fingerprint density at radius 3 is 2.82 bits per heavy atom. The Hall–Kier alpha value is -3.52. The van der Waals surface area contributed by atoms with Crippen LogP contribution in [0.15, 0.2) is 47.5 Å². The van der Waals surface area contributed by atoms with E-state index in [0.29, 0.717) is 22.9 Å². The van der Waals surface area contributed by atoms with Crippen LogP contribution in [-0.2, 0) is 13.0 Å². The van der Waals surface area contributed by atoms with Crippen molar-refractivity contribution in [1.82, 2.24) is 29.6 Å². The predicted molar refractivity (Wildman–Crippen MR) is 128 cm³/mol. The van der Waals surface area contributed by atoms with Crippen LogP contribution in [0.1, 0.15) is 55.5 Å². The standard InChI is InChI=1S/C25H27N7O/c1-15(2)22-12-20(8-10-27-22)31-23-21(24(33)32(31)19-5-6-19)14-28-25(30-23)29-18-4-3-17-13-26-9-7-16(17)11-18/h3-4,8,10-12,14-15,19,26H,5-7,9,13H2,1-2H3,(H,28,29,30). The summed E-state index contributed by atoms with van der Waals surface area (Å²) in [5.74, 6) is 0.773. The van der Waals surface area contributed by atoms with Gasteiger partial charge < -0.3 is 10.6 Å². The van der Waals surface area contributed by atoms with Crippen LogP contribution in [0.4, 0.5) is 11.6 Å². The molecule has 8 nitrogen and oxygen atoms in total. The number of hydrogen-bond acceptors (Lipinski definition) is 6. The molecule has 2 N–H and O–H groups in total. The van der Waals surface area contributed by atoms with Gasteiger partial charge >= 0.3 is 0 Å². The van der Waals surface area contributed by atoms with Gasteiger partial charge in [-0.05, 0) is 67.1 Å². The largest absolute Gasteiger partial charge is 0.324 e. The third-order valence-electron chi connectivity index (χ3n) is 6.47. The number of aromatic nitrogens is 5. The Morgan fingerprint density at radius 1 is 1.12 bits per heavy atom. The van der Waals surface area contributed by atoms with Gasteiger partial charge in [-0.15, -0.1) is 0 Å². The van der Waals surface area contributed by atoms with Crippen molar-refractivity contribution in [2.45, 2.75) is 51.6 Å². The molecule has 8 heteroatoms. The molecule has 1 aromatic carbocycles. The van der Waals surface area contributed by atoms with E-state index in [4.69, 9.17) is 4.98 Å². The third-order valence-corrected chi connectivity index (χ3v) is 6.47. The molecule has 168 valence electrons. The van der Waals surface area contributed by atoms with E-state index in [-0.39, 0.29) is 11.6 Å². The predicted octanol–water partition coefficient (Wildman–Crippen LogP) is 3.82. The maximum atomic E-state index is 13.3. The van der Waals surface area contributed by atoms with Gasteiger partial charge in [-0.25, -0.2) is 14.3 Å². The van der Waals surface area contributed by atoms with Gasteiger partial charge in [-0.1, -0.05) is 19.9 Å². The van der Waals surface area contributed by atoms with Crippen molar-refractivity contribution in [3.05, 3.63) is 69.9 Å². The van der Waals surface area contributed by atoms with Crippen molar-refractivity contribution < 1.29 is 0 Å². The van der Waals surface area contributed by atoms with E-state index in [0.717, 1.165) is 49.4 Å². The summed E-state index contributed by atoms with van der Waals surface area (Å²) in [7, 11) is 0. The van der Waals surface area contributed by atoms with Crippen molar-refractivity contribution in [2.24, 2.45) is 0 Å². The van der Waals surface area contributed by atoms with Crippen LogP contribution in [0.3, 0.4) is 0 Å². The average Bonchev–Trinajstić information content (AvgIpc) is 3.63. The zero-order valence-electron chi connectivity index (χ0n) is 18.9. The van der Waals surface area contributed by atoms with E-state index in [2.05, 4.69) is 58.7 Å². The number of hydrogen-bond donors (Lipinski definition) is 2. The number of fused-ring (bicyclic) bond motifs is 2. The summed E-state index contributed by atoms with van der Waals surface area (Å²) in [6.45, 7) is 6.13. The second kappa shape index (κ2) is 7.81. The summed E-state index contributed by atoms with van der Waals surface area (Å²) in [5.41, 5.74) is 6.10. The lowest BCUT2D eigenvalue weighted by molar-refractivity contribution is 0.559.